The lowest BCUT2D eigenvalue weighted by Crippen LogP contribution is -2.38. The summed E-state index contributed by atoms with van der Waals surface area (Å²) in [5.41, 5.74) is 3.03. The molecule has 24 heavy (non-hydrogen) atoms. The molecule has 2 aromatic carbocycles. The van der Waals surface area contributed by atoms with Crippen molar-refractivity contribution in [3.63, 3.8) is 0 Å². The number of carbonyl (C=O) groups is 1. The van der Waals surface area contributed by atoms with Crippen molar-refractivity contribution in [1.29, 1.82) is 0 Å². The number of nitrogens with zero attached hydrogens (tertiary/aromatic N) is 1. The van der Waals surface area contributed by atoms with Gasteiger partial charge in [-0.1, -0.05) is 53.7 Å². The molecule has 0 aromatic heterocycles. The third-order valence-corrected chi connectivity index (χ3v) is 5.47. The lowest BCUT2D eigenvalue weighted by atomic mass is 10.0. The standard InChI is InChI=1S/C19H18N2O2S/c22-19(17-12-16(21-23-17)13-6-2-1-3-7-13)20-15-10-11-24-18-9-5-4-8-14(15)18/h1-9,15,17H,10-12H2,(H,20,22)/t15-,17-/m0/s1. The number of oxime groups is 1. The SMILES string of the molecule is O=C(N[C@H]1CCSc2ccccc21)[C@@H]1CC(c2ccccc2)=NO1. The number of hydrogen-bond donors (Lipinski definition) is 1. The maximum absolute atomic E-state index is 12.6. The van der Waals surface area contributed by atoms with Crippen molar-refractivity contribution in [1.82, 2.24) is 5.32 Å². The molecule has 4 nitrogen and oxygen atoms in total. The van der Waals surface area contributed by atoms with Crippen molar-refractivity contribution in [2.45, 2.75) is 29.9 Å². The van der Waals surface area contributed by atoms with Gasteiger partial charge in [0.05, 0.1) is 11.8 Å². The van der Waals surface area contributed by atoms with Crippen LogP contribution in [0.15, 0.2) is 64.6 Å². The summed E-state index contributed by atoms with van der Waals surface area (Å²) in [5, 5.41) is 7.24. The molecule has 0 fully saturated rings. The summed E-state index contributed by atoms with van der Waals surface area (Å²) in [6.45, 7) is 0. The van der Waals surface area contributed by atoms with Gasteiger partial charge >= 0.3 is 0 Å². The van der Waals surface area contributed by atoms with Crippen LogP contribution in [-0.2, 0) is 9.63 Å². The molecule has 0 aliphatic carbocycles. The Kier molecular flexibility index (Phi) is 4.26. The van der Waals surface area contributed by atoms with E-state index in [4.69, 9.17) is 4.84 Å². The van der Waals surface area contributed by atoms with Crippen molar-refractivity contribution in [3.05, 3.63) is 65.7 Å². The number of thioether (sulfide) groups is 1. The molecule has 2 aliphatic heterocycles. The van der Waals surface area contributed by atoms with E-state index in [9.17, 15) is 4.79 Å². The zero-order valence-corrected chi connectivity index (χ0v) is 14.0. The minimum Gasteiger partial charge on any atom is -0.382 e. The van der Waals surface area contributed by atoms with Crippen molar-refractivity contribution >= 4 is 23.4 Å². The maximum Gasteiger partial charge on any atom is 0.264 e. The first-order valence-electron chi connectivity index (χ1n) is 8.11. The van der Waals surface area contributed by atoms with Crippen molar-refractivity contribution in [2.75, 3.05) is 5.75 Å². The third kappa shape index (κ3) is 3.04. The largest absolute Gasteiger partial charge is 0.382 e. The molecule has 2 heterocycles. The topological polar surface area (TPSA) is 50.7 Å². The quantitative estimate of drug-likeness (QED) is 0.931. The Morgan fingerprint density at radius 1 is 1.12 bits per heavy atom. The lowest BCUT2D eigenvalue weighted by Gasteiger charge is -2.26. The predicted octanol–water partition coefficient (Wildman–Crippen LogP) is 3.53. The van der Waals surface area contributed by atoms with Crippen LogP contribution in [0.1, 0.15) is 30.0 Å². The van der Waals surface area contributed by atoms with Gasteiger partial charge in [-0.05, 0) is 23.6 Å². The molecule has 0 spiro atoms. The van der Waals surface area contributed by atoms with Gasteiger partial charge in [0.25, 0.3) is 5.91 Å². The second-order valence-electron chi connectivity index (χ2n) is 5.94. The Morgan fingerprint density at radius 3 is 2.79 bits per heavy atom. The summed E-state index contributed by atoms with van der Waals surface area (Å²) in [5.74, 6) is 0.926. The molecule has 0 saturated carbocycles. The zero-order valence-electron chi connectivity index (χ0n) is 13.1. The fraction of sp³-hybridized carbons (Fsp3) is 0.263. The van der Waals surface area contributed by atoms with Gasteiger partial charge in [-0.2, -0.15) is 0 Å². The van der Waals surface area contributed by atoms with Crippen LogP contribution in [-0.4, -0.2) is 23.5 Å². The summed E-state index contributed by atoms with van der Waals surface area (Å²) < 4.78 is 0. The third-order valence-electron chi connectivity index (χ3n) is 4.34. The van der Waals surface area contributed by atoms with Crippen LogP contribution in [0.4, 0.5) is 0 Å². The van der Waals surface area contributed by atoms with Crippen LogP contribution in [0.5, 0.6) is 0 Å². The molecule has 2 atom stereocenters. The first-order chi connectivity index (χ1) is 11.8. The first-order valence-corrected chi connectivity index (χ1v) is 9.10. The second-order valence-corrected chi connectivity index (χ2v) is 7.08. The highest BCUT2D eigenvalue weighted by molar-refractivity contribution is 7.99. The van der Waals surface area contributed by atoms with E-state index in [-0.39, 0.29) is 11.9 Å². The molecule has 0 bridgehead atoms. The second kappa shape index (κ2) is 6.69. The number of fused-ring (bicyclic) bond motifs is 1. The number of hydrogen-bond acceptors (Lipinski definition) is 4. The fourth-order valence-corrected chi connectivity index (χ4v) is 4.20. The molecule has 1 amide bonds. The monoisotopic (exact) mass is 338 g/mol. The van der Waals surface area contributed by atoms with Gasteiger partial charge in [-0.3, -0.25) is 4.79 Å². The van der Waals surface area contributed by atoms with Gasteiger partial charge in [0, 0.05) is 17.1 Å². The van der Waals surface area contributed by atoms with Gasteiger partial charge in [0.1, 0.15) is 0 Å². The number of carbonyl (C=O) groups excluding carboxylic acids is 1. The molecule has 1 N–H and O–H groups in total. The smallest absolute Gasteiger partial charge is 0.264 e. The van der Waals surface area contributed by atoms with Crippen molar-refractivity contribution < 1.29 is 9.63 Å². The van der Waals surface area contributed by atoms with E-state index >= 15 is 0 Å². The van der Waals surface area contributed by atoms with Gasteiger partial charge in [0.15, 0.2) is 0 Å². The lowest BCUT2D eigenvalue weighted by molar-refractivity contribution is -0.132. The van der Waals surface area contributed by atoms with E-state index in [0.29, 0.717) is 6.42 Å². The highest BCUT2D eigenvalue weighted by atomic mass is 32.2. The Hall–Kier alpha value is -2.27. The average Bonchev–Trinajstić information content (AvgIpc) is 3.13. The van der Waals surface area contributed by atoms with E-state index in [2.05, 4.69) is 22.6 Å². The molecule has 4 rings (SSSR count). The summed E-state index contributed by atoms with van der Waals surface area (Å²) in [6, 6.07) is 18.2. The van der Waals surface area contributed by atoms with E-state index in [1.807, 2.05) is 54.2 Å². The number of nitrogens with one attached hydrogen (secondary N) is 1. The van der Waals surface area contributed by atoms with E-state index in [1.54, 1.807) is 0 Å². The highest BCUT2D eigenvalue weighted by Gasteiger charge is 2.31. The van der Waals surface area contributed by atoms with Crippen molar-refractivity contribution in [3.8, 4) is 0 Å². The van der Waals surface area contributed by atoms with Crippen LogP contribution in [0.2, 0.25) is 0 Å². The van der Waals surface area contributed by atoms with Crippen LogP contribution in [0.25, 0.3) is 0 Å². The number of benzene rings is 2. The van der Waals surface area contributed by atoms with Gasteiger partial charge in [0.2, 0.25) is 6.10 Å². The maximum atomic E-state index is 12.6. The van der Waals surface area contributed by atoms with Crippen LogP contribution >= 0.6 is 11.8 Å². The Labute approximate surface area is 145 Å². The molecule has 122 valence electrons. The van der Waals surface area contributed by atoms with Gasteiger partial charge in [-0.25, -0.2) is 0 Å². The summed E-state index contributed by atoms with van der Waals surface area (Å²) >= 11 is 1.84. The zero-order chi connectivity index (χ0) is 16.4. The summed E-state index contributed by atoms with van der Waals surface area (Å²) in [6.07, 6.45) is 0.910. The summed E-state index contributed by atoms with van der Waals surface area (Å²) in [7, 11) is 0. The van der Waals surface area contributed by atoms with Gasteiger partial charge in [-0.15, -0.1) is 11.8 Å². The normalized spacial score (nSPS) is 22.2. The van der Waals surface area contributed by atoms with Crippen LogP contribution < -0.4 is 5.32 Å². The number of amides is 1. The minimum atomic E-state index is -0.540. The minimum absolute atomic E-state index is 0.0549. The van der Waals surface area contributed by atoms with Crippen LogP contribution in [0.3, 0.4) is 0 Å². The molecule has 0 radical (unpaired) electrons. The molecular formula is C19H18N2O2S. The van der Waals surface area contributed by atoms with E-state index < -0.39 is 6.10 Å². The van der Waals surface area contributed by atoms with E-state index in [1.165, 1.54) is 10.5 Å². The predicted molar refractivity (Wildman–Crippen MR) is 95.1 cm³/mol. The molecular weight excluding hydrogens is 320 g/mol. The Morgan fingerprint density at radius 2 is 1.92 bits per heavy atom. The van der Waals surface area contributed by atoms with E-state index in [0.717, 1.165) is 23.4 Å². The molecule has 2 aliphatic rings. The fourth-order valence-electron chi connectivity index (χ4n) is 3.08. The Balaban J connectivity index is 1.42. The molecule has 5 heteroatoms. The first kappa shape index (κ1) is 15.3. The summed E-state index contributed by atoms with van der Waals surface area (Å²) in [4.78, 5) is 19.2. The van der Waals surface area contributed by atoms with Gasteiger partial charge < -0.3 is 10.2 Å². The highest BCUT2D eigenvalue weighted by Crippen LogP contribution is 2.36. The van der Waals surface area contributed by atoms with Crippen LogP contribution in [0, 0.1) is 0 Å². The van der Waals surface area contributed by atoms with Crippen molar-refractivity contribution in [2.24, 2.45) is 5.16 Å². The molecule has 2 aromatic rings. The number of rotatable bonds is 3. The molecule has 0 unspecified atom stereocenters. The molecule has 0 saturated heterocycles. The Bertz CT molecular complexity index is 776. The average molecular weight is 338 g/mol.